The van der Waals surface area contributed by atoms with E-state index in [0.717, 1.165) is 22.8 Å². The molecule has 0 spiro atoms. The Kier molecular flexibility index (Phi) is 6.55. The van der Waals surface area contributed by atoms with Gasteiger partial charge in [0.05, 0.1) is 22.4 Å². The number of thioether (sulfide) groups is 1. The van der Waals surface area contributed by atoms with Crippen molar-refractivity contribution in [2.75, 3.05) is 17.2 Å². The standard InChI is InChI=1S/C28H24F2N4O2S/c1-16-8-11-22(17(2)12-16)34-28-25(26(32-34)18-6-4-3-5-7-18)27(20-10-9-19(29)13-21(20)30)37-15-24(36)33(28)14-23(31)35/h3-13,27H,14-15H2,1-2H3,(H2,31,35)/t27-/m0/s1. The van der Waals surface area contributed by atoms with Crippen molar-refractivity contribution in [3.05, 3.63) is 101 Å². The summed E-state index contributed by atoms with van der Waals surface area (Å²) in [5, 5.41) is 4.24. The molecule has 0 unspecified atom stereocenters. The topological polar surface area (TPSA) is 81.2 Å². The molecule has 4 aromatic rings. The summed E-state index contributed by atoms with van der Waals surface area (Å²) in [7, 11) is 0. The zero-order valence-corrected chi connectivity index (χ0v) is 21.1. The van der Waals surface area contributed by atoms with Crippen molar-refractivity contribution in [2.24, 2.45) is 5.73 Å². The Morgan fingerprint density at radius 1 is 1.08 bits per heavy atom. The first-order valence-electron chi connectivity index (χ1n) is 11.7. The second kappa shape index (κ2) is 9.82. The molecule has 1 aliphatic rings. The summed E-state index contributed by atoms with van der Waals surface area (Å²) >= 11 is 1.20. The summed E-state index contributed by atoms with van der Waals surface area (Å²) < 4.78 is 30.6. The molecule has 9 heteroatoms. The molecule has 0 bridgehead atoms. The predicted octanol–water partition coefficient (Wildman–Crippen LogP) is 5.09. The number of carbonyl (C=O) groups excluding carboxylic acids is 2. The lowest BCUT2D eigenvalue weighted by molar-refractivity contribution is -0.121. The largest absolute Gasteiger partial charge is 0.368 e. The van der Waals surface area contributed by atoms with Gasteiger partial charge in [-0.05, 0) is 31.5 Å². The number of nitrogens with zero attached hydrogens (tertiary/aromatic N) is 3. The smallest absolute Gasteiger partial charge is 0.238 e. The van der Waals surface area contributed by atoms with E-state index in [2.05, 4.69) is 0 Å². The fourth-order valence-electron chi connectivity index (χ4n) is 4.65. The van der Waals surface area contributed by atoms with E-state index in [1.54, 1.807) is 4.68 Å². The number of hydrogen-bond donors (Lipinski definition) is 1. The molecule has 0 fully saturated rings. The summed E-state index contributed by atoms with van der Waals surface area (Å²) in [5.74, 6) is -2.16. The SMILES string of the molecule is Cc1ccc(-n2nc(-c3ccccc3)c3c2N(CC(N)=O)C(=O)CS[C@H]3c2ccc(F)cc2F)c(C)c1. The average molecular weight is 519 g/mol. The molecule has 0 saturated carbocycles. The van der Waals surface area contributed by atoms with E-state index in [0.29, 0.717) is 22.8 Å². The Labute approximate surface area is 217 Å². The van der Waals surface area contributed by atoms with Gasteiger partial charge in [0.25, 0.3) is 0 Å². The summed E-state index contributed by atoms with van der Waals surface area (Å²) in [6.45, 7) is 3.54. The van der Waals surface area contributed by atoms with E-state index in [9.17, 15) is 14.0 Å². The predicted molar refractivity (Wildman–Crippen MR) is 141 cm³/mol. The maximum absolute atomic E-state index is 15.2. The molecule has 5 rings (SSSR count). The highest BCUT2D eigenvalue weighted by Crippen LogP contribution is 2.49. The van der Waals surface area contributed by atoms with Gasteiger partial charge in [0.2, 0.25) is 11.8 Å². The van der Waals surface area contributed by atoms with Crippen molar-refractivity contribution in [1.82, 2.24) is 9.78 Å². The van der Waals surface area contributed by atoms with Crippen molar-refractivity contribution < 1.29 is 18.4 Å². The van der Waals surface area contributed by atoms with Gasteiger partial charge in [0.1, 0.15) is 24.0 Å². The fourth-order valence-corrected chi connectivity index (χ4v) is 5.87. The van der Waals surface area contributed by atoms with Crippen LogP contribution in [0.5, 0.6) is 0 Å². The maximum atomic E-state index is 15.2. The van der Waals surface area contributed by atoms with E-state index in [-0.39, 0.29) is 23.8 Å². The van der Waals surface area contributed by atoms with Crippen LogP contribution in [0.2, 0.25) is 0 Å². The number of benzene rings is 3. The minimum Gasteiger partial charge on any atom is -0.368 e. The number of carbonyl (C=O) groups is 2. The molecule has 3 aromatic carbocycles. The van der Waals surface area contributed by atoms with Crippen molar-refractivity contribution in [3.63, 3.8) is 0 Å². The monoisotopic (exact) mass is 518 g/mol. The second-order valence-corrected chi connectivity index (χ2v) is 10.1. The van der Waals surface area contributed by atoms with Gasteiger partial charge < -0.3 is 5.73 Å². The molecule has 1 aliphatic heterocycles. The molecular weight excluding hydrogens is 494 g/mol. The molecule has 1 atom stereocenters. The van der Waals surface area contributed by atoms with Crippen LogP contribution < -0.4 is 10.6 Å². The van der Waals surface area contributed by atoms with Gasteiger partial charge in [-0.15, -0.1) is 11.8 Å². The molecule has 0 aliphatic carbocycles. The Morgan fingerprint density at radius 3 is 2.51 bits per heavy atom. The van der Waals surface area contributed by atoms with Gasteiger partial charge in [-0.25, -0.2) is 13.5 Å². The van der Waals surface area contributed by atoms with Gasteiger partial charge >= 0.3 is 0 Å². The summed E-state index contributed by atoms with van der Waals surface area (Å²) in [5.41, 5.74) is 10.3. The number of aromatic nitrogens is 2. The lowest BCUT2D eigenvalue weighted by atomic mass is 9.99. The quantitative estimate of drug-likeness (QED) is 0.399. The van der Waals surface area contributed by atoms with Crippen LogP contribution in [-0.2, 0) is 9.59 Å². The lowest BCUT2D eigenvalue weighted by Crippen LogP contribution is -2.40. The first kappa shape index (κ1) is 24.7. The molecule has 6 nitrogen and oxygen atoms in total. The van der Waals surface area contributed by atoms with E-state index in [1.807, 2.05) is 62.4 Å². The van der Waals surface area contributed by atoms with Crippen molar-refractivity contribution in [3.8, 4) is 16.9 Å². The number of nitrogens with two attached hydrogens (primary N) is 1. The summed E-state index contributed by atoms with van der Waals surface area (Å²) in [4.78, 5) is 26.8. The molecule has 2 amide bonds. The second-order valence-electron chi connectivity index (χ2n) is 8.96. The van der Waals surface area contributed by atoms with Gasteiger partial charge in [-0.3, -0.25) is 14.5 Å². The zero-order chi connectivity index (χ0) is 26.3. The third-order valence-corrected chi connectivity index (χ3v) is 7.51. The third-order valence-electron chi connectivity index (χ3n) is 6.28. The zero-order valence-electron chi connectivity index (χ0n) is 20.2. The summed E-state index contributed by atoms with van der Waals surface area (Å²) in [6.07, 6.45) is 0. The Balaban J connectivity index is 1.88. The number of anilines is 1. The number of rotatable bonds is 5. The molecule has 2 N–H and O–H groups in total. The van der Waals surface area contributed by atoms with Crippen LogP contribution in [-0.4, -0.2) is 33.9 Å². The first-order valence-corrected chi connectivity index (χ1v) is 12.7. The fraction of sp³-hybridized carbons (Fsp3) is 0.179. The van der Waals surface area contributed by atoms with Gasteiger partial charge in [0, 0.05) is 22.8 Å². The van der Waals surface area contributed by atoms with Crippen LogP contribution in [0.15, 0.2) is 66.7 Å². The average Bonchev–Trinajstić information content (AvgIpc) is 3.17. The number of aryl methyl sites for hydroxylation is 2. The maximum Gasteiger partial charge on any atom is 0.238 e. The summed E-state index contributed by atoms with van der Waals surface area (Å²) in [6, 6.07) is 18.6. The van der Waals surface area contributed by atoms with E-state index >= 15 is 4.39 Å². The van der Waals surface area contributed by atoms with Crippen LogP contribution in [0, 0.1) is 25.5 Å². The van der Waals surface area contributed by atoms with Crippen LogP contribution in [0.3, 0.4) is 0 Å². The van der Waals surface area contributed by atoms with E-state index in [4.69, 9.17) is 10.8 Å². The molecular formula is C28H24F2N4O2S. The van der Waals surface area contributed by atoms with Gasteiger partial charge in [-0.2, -0.15) is 5.10 Å². The van der Waals surface area contributed by atoms with Gasteiger partial charge in [0.15, 0.2) is 0 Å². The van der Waals surface area contributed by atoms with E-state index in [1.165, 1.54) is 28.8 Å². The molecule has 0 saturated heterocycles. The number of fused-ring (bicyclic) bond motifs is 1. The normalized spacial score (nSPS) is 15.4. The molecule has 1 aromatic heterocycles. The third kappa shape index (κ3) is 4.62. The Morgan fingerprint density at radius 2 is 1.84 bits per heavy atom. The number of halogens is 2. The molecule has 188 valence electrons. The Bertz CT molecular complexity index is 1520. The molecule has 2 heterocycles. The highest BCUT2D eigenvalue weighted by atomic mass is 32.2. The lowest BCUT2D eigenvalue weighted by Gasteiger charge is -2.23. The van der Waals surface area contributed by atoms with Crippen molar-refractivity contribution in [2.45, 2.75) is 19.1 Å². The molecule has 0 radical (unpaired) electrons. The van der Waals surface area contributed by atoms with Gasteiger partial charge in [-0.1, -0.05) is 54.1 Å². The first-order chi connectivity index (χ1) is 17.7. The number of hydrogen-bond acceptors (Lipinski definition) is 4. The highest BCUT2D eigenvalue weighted by Gasteiger charge is 2.38. The minimum absolute atomic E-state index is 0.0372. The Hall–Kier alpha value is -3.98. The number of amides is 2. The highest BCUT2D eigenvalue weighted by molar-refractivity contribution is 8.00. The van der Waals surface area contributed by atoms with Crippen molar-refractivity contribution >= 4 is 29.4 Å². The number of primary amides is 1. The minimum atomic E-state index is -0.725. The van der Waals surface area contributed by atoms with Crippen LogP contribution >= 0.6 is 11.8 Å². The van der Waals surface area contributed by atoms with Crippen LogP contribution in [0.25, 0.3) is 16.9 Å². The van der Waals surface area contributed by atoms with Crippen molar-refractivity contribution in [1.29, 1.82) is 0 Å². The van der Waals surface area contributed by atoms with E-state index < -0.39 is 22.8 Å². The van der Waals surface area contributed by atoms with Crippen LogP contribution in [0.1, 0.15) is 27.5 Å². The molecule has 37 heavy (non-hydrogen) atoms. The van der Waals surface area contributed by atoms with Crippen LogP contribution in [0.4, 0.5) is 14.6 Å².